The lowest BCUT2D eigenvalue weighted by Crippen LogP contribution is -2.30. The van der Waals surface area contributed by atoms with Crippen LogP contribution in [0.2, 0.25) is 0 Å². The number of nitrogen functional groups attached to an aromatic ring is 1. The molecule has 2 rings (SSSR count). The van der Waals surface area contributed by atoms with Crippen molar-refractivity contribution < 1.29 is 9.84 Å². The van der Waals surface area contributed by atoms with E-state index in [0.29, 0.717) is 12.5 Å². The van der Waals surface area contributed by atoms with Crippen molar-refractivity contribution in [1.29, 1.82) is 0 Å². The van der Waals surface area contributed by atoms with Crippen LogP contribution in [0.1, 0.15) is 39.5 Å². The summed E-state index contributed by atoms with van der Waals surface area (Å²) < 4.78 is 5.42. The summed E-state index contributed by atoms with van der Waals surface area (Å²) >= 11 is 0. The van der Waals surface area contributed by atoms with Crippen LogP contribution < -0.4 is 15.8 Å². The third-order valence-corrected chi connectivity index (χ3v) is 3.36. The van der Waals surface area contributed by atoms with Crippen LogP contribution in [0.25, 0.3) is 0 Å². The van der Waals surface area contributed by atoms with Crippen LogP contribution in [0.3, 0.4) is 0 Å². The minimum absolute atomic E-state index is 0.0233. The normalized spacial score (nSPS) is 22.8. The van der Waals surface area contributed by atoms with Gasteiger partial charge >= 0.3 is 6.01 Å². The highest BCUT2D eigenvalue weighted by molar-refractivity contribution is 5.32. The lowest BCUT2D eigenvalue weighted by atomic mass is 9.86. The first-order chi connectivity index (χ1) is 9.54. The number of nitrogens with zero attached hydrogens (tertiary/aromatic N) is 3. The fraction of sp³-hybridized carbons (Fsp3) is 0.769. The molecular formula is C13H23N5O2. The molecule has 1 aromatic rings. The molecule has 1 aliphatic carbocycles. The zero-order valence-electron chi connectivity index (χ0n) is 12.0. The van der Waals surface area contributed by atoms with Gasteiger partial charge in [-0.2, -0.15) is 15.0 Å². The van der Waals surface area contributed by atoms with Crippen LogP contribution in [0.15, 0.2) is 0 Å². The summed E-state index contributed by atoms with van der Waals surface area (Å²) in [5.41, 5.74) is 5.64. The average Bonchev–Trinajstić information content (AvgIpc) is 2.36. The van der Waals surface area contributed by atoms with E-state index in [0.717, 1.165) is 25.7 Å². The number of aliphatic hydroxyl groups excluding tert-OH is 1. The molecule has 2 unspecified atom stereocenters. The van der Waals surface area contributed by atoms with Crippen molar-refractivity contribution in [3.8, 4) is 6.01 Å². The maximum atomic E-state index is 9.93. The molecule has 2 atom stereocenters. The van der Waals surface area contributed by atoms with E-state index in [2.05, 4.69) is 20.3 Å². The molecule has 20 heavy (non-hydrogen) atoms. The van der Waals surface area contributed by atoms with Gasteiger partial charge in [0, 0.05) is 12.5 Å². The van der Waals surface area contributed by atoms with Crippen LogP contribution in [0.5, 0.6) is 6.01 Å². The van der Waals surface area contributed by atoms with E-state index in [4.69, 9.17) is 10.5 Å². The highest BCUT2D eigenvalue weighted by atomic mass is 16.5. The van der Waals surface area contributed by atoms with Crippen molar-refractivity contribution in [1.82, 2.24) is 15.0 Å². The van der Waals surface area contributed by atoms with E-state index in [9.17, 15) is 5.11 Å². The smallest absolute Gasteiger partial charge is 0.323 e. The Bertz CT molecular complexity index is 441. The lowest BCUT2D eigenvalue weighted by Gasteiger charge is -2.27. The van der Waals surface area contributed by atoms with Gasteiger partial charge in [0.25, 0.3) is 0 Å². The Morgan fingerprint density at radius 1 is 1.30 bits per heavy atom. The van der Waals surface area contributed by atoms with Gasteiger partial charge in [0.1, 0.15) is 0 Å². The van der Waals surface area contributed by atoms with E-state index in [1.165, 1.54) is 0 Å². The van der Waals surface area contributed by atoms with Gasteiger partial charge < -0.3 is 20.9 Å². The highest BCUT2D eigenvalue weighted by Gasteiger charge is 2.23. The fourth-order valence-electron chi connectivity index (χ4n) is 2.36. The number of aliphatic hydroxyl groups is 1. The van der Waals surface area contributed by atoms with Crippen LogP contribution in [-0.2, 0) is 0 Å². The molecule has 7 nitrogen and oxygen atoms in total. The van der Waals surface area contributed by atoms with Crippen molar-refractivity contribution in [2.24, 2.45) is 5.92 Å². The molecule has 4 N–H and O–H groups in total. The van der Waals surface area contributed by atoms with Crippen molar-refractivity contribution in [2.75, 3.05) is 17.6 Å². The molecule has 0 spiro atoms. The summed E-state index contributed by atoms with van der Waals surface area (Å²) in [6.07, 6.45) is 3.87. The van der Waals surface area contributed by atoms with Gasteiger partial charge in [-0.25, -0.2) is 0 Å². The summed E-state index contributed by atoms with van der Waals surface area (Å²) in [4.78, 5) is 12.1. The Hall–Kier alpha value is -1.63. The van der Waals surface area contributed by atoms with Crippen LogP contribution in [0, 0.1) is 5.92 Å². The predicted molar refractivity (Wildman–Crippen MR) is 76.5 cm³/mol. The summed E-state index contributed by atoms with van der Waals surface area (Å²) in [6, 6.07) is 0.221. The number of ether oxygens (including phenoxy) is 1. The van der Waals surface area contributed by atoms with E-state index < -0.39 is 0 Å². The molecule has 7 heteroatoms. The Balaban J connectivity index is 1.96. The lowest BCUT2D eigenvalue weighted by molar-refractivity contribution is 0.0762. The number of anilines is 2. The zero-order chi connectivity index (χ0) is 14.5. The first-order valence-electron chi connectivity index (χ1n) is 7.14. The van der Waals surface area contributed by atoms with Gasteiger partial charge in [-0.3, -0.25) is 0 Å². The number of nitrogens with two attached hydrogens (primary N) is 1. The molecule has 1 heterocycles. The number of hydrogen-bond donors (Lipinski definition) is 3. The second-order valence-corrected chi connectivity index (χ2v) is 5.46. The molecule has 1 fully saturated rings. The average molecular weight is 281 g/mol. The number of rotatable bonds is 5. The fourth-order valence-corrected chi connectivity index (χ4v) is 2.36. The highest BCUT2D eigenvalue weighted by Crippen LogP contribution is 2.24. The van der Waals surface area contributed by atoms with Crippen molar-refractivity contribution in [3.05, 3.63) is 0 Å². The van der Waals surface area contributed by atoms with Gasteiger partial charge in [-0.05, 0) is 26.7 Å². The largest absolute Gasteiger partial charge is 0.461 e. The third kappa shape index (κ3) is 4.19. The first kappa shape index (κ1) is 14.8. The minimum atomic E-state index is -0.248. The van der Waals surface area contributed by atoms with Crippen LogP contribution in [-0.4, -0.2) is 38.8 Å². The second-order valence-electron chi connectivity index (χ2n) is 5.46. The quantitative estimate of drug-likeness (QED) is 0.744. The minimum Gasteiger partial charge on any atom is -0.461 e. The molecule has 0 bridgehead atoms. The number of nitrogens with one attached hydrogen (secondary N) is 1. The van der Waals surface area contributed by atoms with E-state index in [1.807, 2.05) is 13.8 Å². The molecule has 1 aliphatic rings. The van der Waals surface area contributed by atoms with Gasteiger partial charge in [-0.15, -0.1) is 0 Å². The molecule has 0 aromatic carbocycles. The molecular weight excluding hydrogens is 258 g/mol. The van der Waals surface area contributed by atoms with E-state index in [1.54, 1.807) is 0 Å². The monoisotopic (exact) mass is 281 g/mol. The second kappa shape index (κ2) is 6.69. The topological polar surface area (TPSA) is 106 Å². The van der Waals surface area contributed by atoms with Crippen LogP contribution >= 0.6 is 0 Å². The number of hydrogen-bond acceptors (Lipinski definition) is 7. The Morgan fingerprint density at radius 2 is 2.05 bits per heavy atom. The van der Waals surface area contributed by atoms with Crippen LogP contribution in [0.4, 0.5) is 11.9 Å². The van der Waals surface area contributed by atoms with Crippen molar-refractivity contribution in [2.45, 2.75) is 51.7 Å². The molecule has 0 amide bonds. The van der Waals surface area contributed by atoms with E-state index >= 15 is 0 Å². The standard InChI is InChI=1S/C13H23N5O2/c1-8(2)20-13-17-11(14)16-12(18-13)15-7-9-5-3-4-6-10(9)19/h8-10,19H,3-7H2,1-2H3,(H3,14,15,16,17,18). The van der Waals surface area contributed by atoms with Gasteiger partial charge in [0.2, 0.25) is 11.9 Å². The van der Waals surface area contributed by atoms with Crippen molar-refractivity contribution >= 4 is 11.9 Å². The zero-order valence-corrected chi connectivity index (χ0v) is 12.0. The summed E-state index contributed by atoms with van der Waals surface area (Å²) in [7, 11) is 0. The number of aromatic nitrogens is 3. The maximum absolute atomic E-state index is 9.93. The van der Waals surface area contributed by atoms with Crippen molar-refractivity contribution in [3.63, 3.8) is 0 Å². The molecule has 0 radical (unpaired) electrons. The SMILES string of the molecule is CC(C)Oc1nc(N)nc(NCC2CCCCC2O)n1. The predicted octanol–water partition coefficient (Wildman–Crippen LogP) is 1.20. The van der Waals surface area contributed by atoms with Gasteiger partial charge in [0.05, 0.1) is 12.2 Å². The van der Waals surface area contributed by atoms with Gasteiger partial charge in [0.15, 0.2) is 0 Å². The van der Waals surface area contributed by atoms with Gasteiger partial charge in [-0.1, -0.05) is 12.8 Å². The Labute approximate surface area is 119 Å². The Kier molecular flexibility index (Phi) is 4.94. The van der Waals surface area contributed by atoms with E-state index in [-0.39, 0.29) is 30.1 Å². The summed E-state index contributed by atoms with van der Waals surface area (Å²) in [5, 5.41) is 13.0. The molecule has 0 aliphatic heterocycles. The molecule has 1 saturated carbocycles. The summed E-state index contributed by atoms with van der Waals surface area (Å²) in [5.74, 6) is 0.754. The molecule has 112 valence electrons. The Morgan fingerprint density at radius 3 is 2.75 bits per heavy atom. The molecule has 0 saturated heterocycles. The third-order valence-electron chi connectivity index (χ3n) is 3.36. The first-order valence-corrected chi connectivity index (χ1v) is 7.14. The maximum Gasteiger partial charge on any atom is 0.323 e. The summed E-state index contributed by atoms with van der Waals surface area (Å²) in [6.45, 7) is 4.42. The molecule has 1 aromatic heterocycles.